The van der Waals surface area contributed by atoms with E-state index in [4.69, 9.17) is 35.8 Å². The molecule has 2 aromatic carbocycles. The van der Waals surface area contributed by atoms with Crippen LogP contribution in [0, 0.1) is 0 Å². The number of nitrogens with zero attached hydrogens (tertiary/aromatic N) is 4. The molecule has 0 aliphatic heterocycles. The summed E-state index contributed by atoms with van der Waals surface area (Å²) in [6.07, 6.45) is 3.61. The first kappa shape index (κ1) is 25.0. The second-order valence-electron chi connectivity index (χ2n) is 8.21. The second kappa shape index (κ2) is 10.8. The maximum absolute atomic E-state index is 6.83. The fourth-order valence-electron chi connectivity index (χ4n) is 4.15. The summed E-state index contributed by atoms with van der Waals surface area (Å²) in [5.41, 5.74) is 2.82. The Hall–Kier alpha value is -3.66. The molecule has 0 saturated heterocycles. The third kappa shape index (κ3) is 4.73. The van der Waals surface area contributed by atoms with Crippen LogP contribution in [0.15, 0.2) is 54.9 Å². The van der Waals surface area contributed by atoms with E-state index in [-0.39, 0.29) is 0 Å². The molecule has 0 spiro atoms. The zero-order valence-electron chi connectivity index (χ0n) is 20.9. The number of halogens is 1. The highest BCUT2D eigenvalue weighted by atomic mass is 35.5. The topological polar surface area (TPSA) is 83.3 Å². The highest BCUT2D eigenvalue weighted by molar-refractivity contribution is 7.22. The van der Waals surface area contributed by atoms with Crippen LogP contribution in [0.3, 0.4) is 0 Å². The third-order valence-electron chi connectivity index (χ3n) is 5.98. The molecule has 190 valence electrons. The van der Waals surface area contributed by atoms with E-state index in [1.54, 1.807) is 38.9 Å². The summed E-state index contributed by atoms with van der Waals surface area (Å²) in [5, 5.41) is 4.90. The quantitative estimate of drug-likeness (QED) is 0.226. The molecule has 10 heteroatoms. The number of ether oxygens (including phenoxy) is 3. The molecule has 0 radical (unpaired) electrons. The van der Waals surface area contributed by atoms with Crippen LogP contribution >= 0.6 is 22.9 Å². The van der Waals surface area contributed by atoms with E-state index in [0.717, 1.165) is 37.5 Å². The lowest BCUT2D eigenvalue weighted by Crippen LogP contribution is -2.10. The standard InChI is InChI=1S/C27H26ClN5O3S/c1-33-14-12-30-26(33)25-31-24(29-13-15-34-2)21-20(16-8-10-17(35-3)11-9-16)23(37-27(21)32-25)18-6-5-7-19(36-4)22(18)28/h5-12,14H,13,15H2,1-4H3,(H,29,31,32). The van der Waals surface area contributed by atoms with Crippen LogP contribution in [0.2, 0.25) is 5.02 Å². The van der Waals surface area contributed by atoms with E-state index in [0.29, 0.717) is 41.4 Å². The van der Waals surface area contributed by atoms with Gasteiger partial charge in [-0.3, -0.25) is 0 Å². The molecular formula is C27H26ClN5O3S. The highest BCUT2D eigenvalue weighted by Gasteiger charge is 2.24. The highest BCUT2D eigenvalue weighted by Crippen LogP contribution is 2.49. The molecule has 0 fully saturated rings. The number of aromatic nitrogens is 4. The van der Waals surface area contributed by atoms with Gasteiger partial charge in [-0.2, -0.15) is 0 Å². The number of hydrogen-bond acceptors (Lipinski definition) is 8. The van der Waals surface area contributed by atoms with Crippen molar-refractivity contribution in [3.05, 3.63) is 59.9 Å². The first-order valence-corrected chi connectivity index (χ1v) is 12.8. The van der Waals surface area contributed by atoms with Crippen LogP contribution in [0.5, 0.6) is 11.5 Å². The van der Waals surface area contributed by atoms with Gasteiger partial charge in [0.15, 0.2) is 11.6 Å². The molecule has 0 bridgehead atoms. The number of rotatable bonds is 9. The van der Waals surface area contributed by atoms with Crippen LogP contribution in [0.1, 0.15) is 0 Å². The number of nitrogens with one attached hydrogen (secondary N) is 1. The number of benzene rings is 2. The molecule has 0 amide bonds. The maximum Gasteiger partial charge on any atom is 0.199 e. The molecular weight excluding hydrogens is 510 g/mol. The Morgan fingerprint density at radius 2 is 1.84 bits per heavy atom. The van der Waals surface area contributed by atoms with E-state index in [1.807, 2.05) is 60.3 Å². The van der Waals surface area contributed by atoms with Gasteiger partial charge in [-0.15, -0.1) is 11.3 Å². The maximum atomic E-state index is 6.83. The fraction of sp³-hybridized carbons (Fsp3) is 0.222. The Kier molecular flexibility index (Phi) is 7.27. The van der Waals surface area contributed by atoms with Gasteiger partial charge in [-0.1, -0.05) is 35.9 Å². The number of thiophene rings is 1. The van der Waals surface area contributed by atoms with Crippen molar-refractivity contribution in [3.8, 4) is 44.7 Å². The van der Waals surface area contributed by atoms with Crippen molar-refractivity contribution in [1.29, 1.82) is 0 Å². The molecule has 37 heavy (non-hydrogen) atoms. The van der Waals surface area contributed by atoms with Crippen molar-refractivity contribution < 1.29 is 14.2 Å². The molecule has 1 N–H and O–H groups in total. The zero-order valence-corrected chi connectivity index (χ0v) is 22.5. The molecule has 0 saturated carbocycles. The SMILES string of the molecule is COCCNc1nc(-c2nccn2C)nc2sc(-c3cccc(OC)c3Cl)c(-c3ccc(OC)cc3)c12. The van der Waals surface area contributed by atoms with Crippen molar-refractivity contribution >= 4 is 39.0 Å². The molecule has 5 aromatic rings. The number of anilines is 1. The van der Waals surface area contributed by atoms with E-state index < -0.39 is 0 Å². The van der Waals surface area contributed by atoms with Crippen LogP contribution in [0.4, 0.5) is 5.82 Å². The predicted octanol–water partition coefficient (Wildman–Crippen LogP) is 6.15. The van der Waals surface area contributed by atoms with Gasteiger partial charge in [0.25, 0.3) is 0 Å². The van der Waals surface area contributed by atoms with Crippen molar-refractivity contribution in [1.82, 2.24) is 19.5 Å². The normalized spacial score (nSPS) is 11.2. The molecule has 0 atom stereocenters. The first-order chi connectivity index (χ1) is 18.0. The van der Waals surface area contributed by atoms with Crippen LogP contribution in [-0.4, -0.2) is 54.0 Å². The minimum Gasteiger partial charge on any atom is -0.497 e. The monoisotopic (exact) mass is 535 g/mol. The van der Waals surface area contributed by atoms with E-state index in [9.17, 15) is 0 Å². The number of aryl methyl sites for hydroxylation is 1. The molecule has 5 rings (SSSR count). The molecule has 3 aromatic heterocycles. The summed E-state index contributed by atoms with van der Waals surface area (Å²) in [4.78, 5) is 16.1. The number of methoxy groups -OCH3 is 3. The molecule has 0 unspecified atom stereocenters. The molecule has 3 heterocycles. The van der Waals surface area contributed by atoms with Crippen molar-refractivity contribution in [2.24, 2.45) is 7.05 Å². The average molecular weight is 536 g/mol. The Morgan fingerprint density at radius 3 is 2.51 bits per heavy atom. The lowest BCUT2D eigenvalue weighted by molar-refractivity contribution is 0.210. The summed E-state index contributed by atoms with van der Waals surface area (Å²) in [6, 6.07) is 13.7. The van der Waals surface area contributed by atoms with Crippen LogP contribution < -0.4 is 14.8 Å². The van der Waals surface area contributed by atoms with Gasteiger partial charge < -0.3 is 24.1 Å². The second-order valence-corrected chi connectivity index (χ2v) is 9.59. The van der Waals surface area contributed by atoms with Crippen molar-refractivity contribution in [3.63, 3.8) is 0 Å². The molecule has 0 aliphatic rings. The van der Waals surface area contributed by atoms with E-state index in [2.05, 4.69) is 10.3 Å². The summed E-state index contributed by atoms with van der Waals surface area (Å²) in [5.74, 6) is 3.29. The van der Waals surface area contributed by atoms with Gasteiger partial charge in [0, 0.05) is 49.1 Å². The number of imidazole rings is 1. The first-order valence-electron chi connectivity index (χ1n) is 11.6. The Labute approximate surface area is 223 Å². The third-order valence-corrected chi connectivity index (χ3v) is 7.48. The van der Waals surface area contributed by atoms with Crippen LogP contribution in [0.25, 0.3) is 43.4 Å². The largest absolute Gasteiger partial charge is 0.497 e. The average Bonchev–Trinajstić information content (AvgIpc) is 3.52. The van der Waals surface area contributed by atoms with E-state index >= 15 is 0 Å². The van der Waals surface area contributed by atoms with Gasteiger partial charge in [0.05, 0.1) is 31.2 Å². The minimum absolute atomic E-state index is 0.528. The number of hydrogen-bond donors (Lipinski definition) is 1. The van der Waals surface area contributed by atoms with Gasteiger partial charge >= 0.3 is 0 Å². The Balaban J connectivity index is 1.83. The predicted molar refractivity (Wildman–Crippen MR) is 149 cm³/mol. The molecule has 0 aliphatic carbocycles. The van der Waals surface area contributed by atoms with Crippen molar-refractivity contribution in [2.45, 2.75) is 0 Å². The fourth-order valence-corrected chi connectivity index (χ4v) is 5.73. The summed E-state index contributed by atoms with van der Waals surface area (Å²) < 4.78 is 18.1. The summed E-state index contributed by atoms with van der Waals surface area (Å²) >= 11 is 8.39. The van der Waals surface area contributed by atoms with Gasteiger partial charge in [0.2, 0.25) is 0 Å². The minimum atomic E-state index is 0.528. The molecule has 8 nitrogen and oxygen atoms in total. The number of fused-ring (bicyclic) bond motifs is 1. The Bertz CT molecular complexity index is 1550. The lowest BCUT2D eigenvalue weighted by atomic mass is 9.99. The zero-order chi connectivity index (χ0) is 25.9. The Morgan fingerprint density at radius 1 is 1.03 bits per heavy atom. The summed E-state index contributed by atoms with van der Waals surface area (Å²) in [6.45, 7) is 1.11. The lowest BCUT2D eigenvalue weighted by Gasteiger charge is -2.13. The van der Waals surface area contributed by atoms with E-state index in [1.165, 1.54) is 0 Å². The van der Waals surface area contributed by atoms with Crippen LogP contribution in [-0.2, 0) is 11.8 Å². The summed E-state index contributed by atoms with van der Waals surface area (Å²) in [7, 11) is 6.86. The van der Waals surface area contributed by atoms with Gasteiger partial charge in [-0.25, -0.2) is 15.0 Å². The smallest absolute Gasteiger partial charge is 0.199 e. The van der Waals surface area contributed by atoms with Crippen molar-refractivity contribution in [2.75, 3.05) is 39.8 Å². The van der Waals surface area contributed by atoms with Gasteiger partial charge in [-0.05, 0) is 23.8 Å². The van der Waals surface area contributed by atoms with Gasteiger partial charge in [0.1, 0.15) is 22.1 Å².